The van der Waals surface area contributed by atoms with Crippen LogP contribution in [-0.2, 0) is 14.6 Å². The minimum Gasteiger partial charge on any atom is -0.457 e. The van der Waals surface area contributed by atoms with Crippen molar-refractivity contribution in [2.75, 3.05) is 5.75 Å². The van der Waals surface area contributed by atoms with E-state index in [4.69, 9.17) is 9.94 Å². The van der Waals surface area contributed by atoms with E-state index < -0.39 is 21.5 Å². The van der Waals surface area contributed by atoms with E-state index >= 15 is 0 Å². The summed E-state index contributed by atoms with van der Waals surface area (Å²) in [5.74, 6) is -0.922. The van der Waals surface area contributed by atoms with Crippen LogP contribution in [0, 0.1) is 0 Å². The van der Waals surface area contributed by atoms with Crippen molar-refractivity contribution in [2.24, 2.45) is 0 Å². The maximum Gasteiger partial charge on any atom is 0.258 e. The molecule has 21 heavy (non-hydrogen) atoms. The topological polar surface area (TPSA) is 92.7 Å². The first-order chi connectivity index (χ1) is 10.0. The zero-order valence-corrected chi connectivity index (χ0v) is 11.7. The summed E-state index contributed by atoms with van der Waals surface area (Å²) in [6.07, 6.45) is 0. The molecule has 0 atom stereocenters. The van der Waals surface area contributed by atoms with Crippen molar-refractivity contribution in [1.82, 2.24) is 5.48 Å². The van der Waals surface area contributed by atoms with Gasteiger partial charge in [-0.25, -0.2) is 13.9 Å². The highest BCUT2D eigenvalue weighted by atomic mass is 32.2. The summed E-state index contributed by atoms with van der Waals surface area (Å²) in [5.41, 5.74) is 1.30. The fraction of sp³-hybridized carbons (Fsp3) is 0.0714. The molecule has 0 bridgehead atoms. The molecule has 2 aromatic carbocycles. The summed E-state index contributed by atoms with van der Waals surface area (Å²) in [6.45, 7) is 0. The van der Waals surface area contributed by atoms with Gasteiger partial charge in [0.05, 0.1) is 4.90 Å². The molecule has 0 aliphatic rings. The van der Waals surface area contributed by atoms with Crippen LogP contribution in [0.25, 0.3) is 0 Å². The standard InChI is InChI=1S/C14H13NO5S/c16-14(15-17)10-21(18,19)13-8-4-7-12(9-13)20-11-5-2-1-3-6-11/h1-9,17H,10H2,(H,15,16). The third-order valence-corrected chi connectivity index (χ3v) is 4.20. The monoisotopic (exact) mass is 307 g/mol. The number of ether oxygens (including phenoxy) is 1. The molecule has 0 spiro atoms. The highest BCUT2D eigenvalue weighted by Gasteiger charge is 2.19. The molecule has 2 rings (SSSR count). The number of amides is 1. The fourth-order valence-electron chi connectivity index (χ4n) is 1.64. The Bertz CT molecular complexity index is 728. The van der Waals surface area contributed by atoms with Crippen LogP contribution in [0.1, 0.15) is 0 Å². The van der Waals surface area contributed by atoms with Crippen LogP contribution in [0.2, 0.25) is 0 Å². The van der Waals surface area contributed by atoms with Crippen LogP contribution in [-0.4, -0.2) is 25.3 Å². The third-order valence-electron chi connectivity index (χ3n) is 2.59. The average molecular weight is 307 g/mol. The summed E-state index contributed by atoms with van der Waals surface area (Å²) in [4.78, 5) is 10.9. The molecule has 1 amide bonds. The zero-order valence-electron chi connectivity index (χ0n) is 10.9. The van der Waals surface area contributed by atoms with Crippen molar-refractivity contribution in [3.05, 3.63) is 54.6 Å². The van der Waals surface area contributed by atoms with Gasteiger partial charge in [-0.3, -0.25) is 10.0 Å². The van der Waals surface area contributed by atoms with Gasteiger partial charge in [-0.05, 0) is 30.3 Å². The number of hydrogen-bond acceptors (Lipinski definition) is 5. The smallest absolute Gasteiger partial charge is 0.258 e. The van der Waals surface area contributed by atoms with Crippen LogP contribution < -0.4 is 10.2 Å². The Hall–Kier alpha value is -2.38. The molecule has 0 aliphatic heterocycles. The second kappa shape index (κ2) is 6.38. The van der Waals surface area contributed by atoms with Crippen LogP contribution in [0.3, 0.4) is 0 Å². The fourth-order valence-corrected chi connectivity index (χ4v) is 2.80. The van der Waals surface area contributed by atoms with E-state index in [1.54, 1.807) is 30.3 Å². The van der Waals surface area contributed by atoms with Gasteiger partial charge in [0.15, 0.2) is 9.84 Å². The molecule has 6 nitrogen and oxygen atoms in total. The van der Waals surface area contributed by atoms with Crippen LogP contribution >= 0.6 is 0 Å². The Labute approximate surface area is 121 Å². The van der Waals surface area contributed by atoms with Crippen molar-refractivity contribution in [3.63, 3.8) is 0 Å². The number of hydrogen-bond donors (Lipinski definition) is 2. The Morgan fingerprint density at radius 2 is 1.71 bits per heavy atom. The van der Waals surface area contributed by atoms with Crippen molar-refractivity contribution >= 4 is 15.7 Å². The molecule has 0 aliphatic carbocycles. The summed E-state index contributed by atoms with van der Waals surface area (Å²) < 4.78 is 29.5. The minimum absolute atomic E-state index is 0.0560. The van der Waals surface area contributed by atoms with Gasteiger partial charge in [0.25, 0.3) is 5.91 Å². The normalized spacial score (nSPS) is 10.9. The van der Waals surface area contributed by atoms with Crippen molar-refractivity contribution in [3.8, 4) is 11.5 Å². The molecule has 0 saturated heterocycles. The first-order valence-corrected chi connectivity index (χ1v) is 7.65. The largest absolute Gasteiger partial charge is 0.457 e. The molecule has 7 heteroatoms. The van der Waals surface area contributed by atoms with E-state index in [1.807, 2.05) is 6.07 Å². The van der Waals surface area contributed by atoms with E-state index in [0.717, 1.165) is 0 Å². The molecular formula is C14H13NO5S. The predicted molar refractivity (Wildman–Crippen MR) is 74.9 cm³/mol. The molecule has 0 unspecified atom stereocenters. The summed E-state index contributed by atoms with van der Waals surface area (Å²) >= 11 is 0. The quantitative estimate of drug-likeness (QED) is 0.648. The zero-order chi connectivity index (χ0) is 15.3. The van der Waals surface area contributed by atoms with Gasteiger partial charge in [0.1, 0.15) is 17.3 Å². The second-order valence-corrected chi connectivity index (χ2v) is 6.17. The molecule has 2 N–H and O–H groups in total. The Morgan fingerprint density at radius 3 is 2.38 bits per heavy atom. The highest BCUT2D eigenvalue weighted by Crippen LogP contribution is 2.24. The van der Waals surface area contributed by atoms with E-state index in [1.165, 1.54) is 23.7 Å². The lowest BCUT2D eigenvalue weighted by Crippen LogP contribution is -2.27. The van der Waals surface area contributed by atoms with Gasteiger partial charge in [-0.2, -0.15) is 0 Å². The van der Waals surface area contributed by atoms with Gasteiger partial charge < -0.3 is 4.74 Å². The summed E-state index contributed by atoms with van der Waals surface area (Å²) in [6, 6.07) is 14.7. The van der Waals surface area contributed by atoms with E-state index in [0.29, 0.717) is 11.5 Å². The molecule has 2 aromatic rings. The lowest BCUT2D eigenvalue weighted by Gasteiger charge is -2.08. The SMILES string of the molecule is O=C(CS(=O)(=O)c1cccc(Oc2ccccc2)c1)NO. The lowest BCUT2D eigenvalue weighted by molar-refractivity contribution is -0.126. The van der Waals surface area contributed by atoms with E-state index in [-0.39, 0.29) is 4.90 Å². The molecule has 0 fully saturated rings. The van der Waals surface area contributed by atoms with Crippen molar-refractivity contribution < 1.29 is 23.2 Å². The number of sulfone groups is 1. The molecule has 0 radical (unpaired) electrons. The maximum atomic E-state index is 12.0. The van der Waals surface area contributed by atoms with Gasteiger partial charge in [0, 0.05) is 0 Å². The van der Waals surface area contributed by atoms with E-state index in [2.05, 4.69) is 0 Å². The van der Waals surface area contributed by atoms with Crippen molar-refractivity contribution in [2.45, 2.75) is 4.90 Å². The minimum atomic E-state index is -3.84. The molecule has 0 aromatic heterocycles. The number of para-hydroxylation sites is 1. The average Bonchev–Trinajstić information content (AvgIpc) is 2.48. The first-order valence-electron chi connectivity index (χ1n) is 6.00. The third kappa shape index (κ3) is 4.04. The highest BCUT2D eigenvalue weighted by molar-refractivity contribution is 7.92. The predicted octanol–water partition coefficient (Wildman–Crippen LogP) is 1.76. The van der Waals surface area contributed by atoms with Crippen LogP contribution in [0.15, 0.2) is 59.5 Å². The molecule has 110 valence electrons. The number of rotatable bonds is 5. The first kappa shape index (κ1) is 15.0. The Balaban J connectivity index is 2.23. The van der Waals surface area contributed by atoms with Crippen LogP contribution in [0.4, 0.5) is 0 Å². The van der Waals surface area contributed by atoms with Gasteiger partial charge >= 0.3 is 0 Å². The molecule has 0 saturated carbocycles. The number of nitrogens with one attached hydrogen (secondary N) is 1. The number of hydroxylamine groups is 1. The molecular weight excluding hydrogens is 294 g/mol. The van der Waals surface area contributed by atoms with E-state index in [9.17, 15) is 13.2 Å². The maximum absolute atomic E-state index is 12.0. The lowest BCUT2D eigenvalue weighted by atomic mass is 10.3. The van der Waals surface area contributed by atoms with Crippen LogP contribution in [0.5, 0.6) is 11.5 Å². The van der Waals surface area contributed by atoms with Gasteiger partial charge in [0.2, 0.25) is 0 Å². The van der Waals surface area contributed by atoms with Crippen molar-refractivity contribution in [1.29, 1.82) is 0 Å². The Morgan fingerprint density at radius 1 is 1.05 bits per heavy atom. The summed E-state index contributed by atoms with van der Waals surface area (Å²) in [5, 5.41) is 8.41. The van der Waals surface area contributed by atoms with Gasteiger partial charge in [-0.1, -0.05) is 24.3 Å². The number of carbonyl (C=O) groups is 1. The second-order valence-electron chi connectivity index (χ2n) is 4.18. The number of benzene rings is 2. The Kier molecular flexibility index (Phi) is 4.56. The number of carbonyl (C=O) groups excluding carboxylic acids is 1. The summed E-state index contributed by atoms with van der Waals surface area (Å²) in [7, 11) is -3.84. The molecule has 0 heterocycles. The van der Waals surface area contributed by atoms with Gasteiger partial charge in [-0.15, -0.1) is 0 Å².